The van der Waals surface area contributed by atoms with E-state index in [1.807, 2.05) is 0 Å². The number of ether oxygens (including phenoxy) is 7. The summed E-state index contributed by atoms with van der Waals surface area (Å²) in [5, 5.41) is 0. The van der Waals surface area contributed by atoms with Crippen LogP contribution in [0.3, 0.4) is 0 Å². The number of hydrogen-bond acceptors (Lipinski definition) is 11. The number of cyclic esters (lactones) is 1. The lowest BCUT2D eigenvalue weighted by Crippen LogP contribution is -2.46. The van der Waals surface area contributed by atoms with Gasteiger partial charge in [-0.05, 0) is 55.2 Å². The summed E-state index contributed by atoms with van der Waals surface area (Å²) in [4.78, 5) is 54.9. The van der Waals surface area contributed by atoms with Gasteiger partial charge in [0.05, 0.1) is 45.7 Å². The average Bonchev–Trinajstić information content (AvgIpc) is 3.75. The Bertz CT molecular complexity index is 1540. The number of hydrogen-bond donors (Lipinski definition) is 0. The van der Waals surface area contributed by atoms with Crippen LogP contribution >= 0.6 is 0 Å². The molecule has 0 bridgehead atoms. The van der Waals surface area contributed by atoms with Crippen molar-refractivity contribution in [3.8, 4) is 28.7 Å². The number of rotatable bonds is 7. The van der Waals surface area contributed by atoms with Crippen LogP contribution in [0, 0.1) is 23.7 Å². The first-order valence-electron chi connectivity index (χ1n) is 15.2. The Morgan fingerprint density at radius 1 is 0.844 bits per heavy atom. The number of esters is 2. The van der Waals surface area contributed by atoms with Crippen molar-refractivity contribution >= 4 is 23.8 Å². The van der Waals surface area contributed by atoms with Crippen LogP contribution in [-0.4, -0.2) is 69.4 Å². The Hall–Kier alpha value is -4.48. The van der Waals surface area contributed by atoms with Crippen molar-refractivity contribution in [1.29, 1.82) is 0 Å². The highest BCUT2D eigenvalue weighted by atomic mass is 16.7. The van der Waals surface area contributed by atoms with Crippen molar-refractivity contribution < 1.29 is 52.3 Å². The molecule has 4 unspecified atom stereocenters. The highest BCUT2D eigenvalue weighted by Gasteiger charge is 2.56. The lowest BCUT2D eigenvalue weighted by Gasteiger charge is -2.39. The topological polar surface area (TPSA) is 136 Å². The highest BCUT2D eigenvalue weighted by molar-refractivity contribution is 6.07. The Labute approximate surface area is 259 Å². The second kappa shape index (κ2) is 11.1. The molecular formula is C33H35NO11. The van der Waals surface area contributed by atoms with Crippen LogP contribution in [0.5, 0.6) is 28.7 Å². The van der Waals surface area contributed by atoms with E-state index in [1.54, 1.807) is 24.3 Å². The Balaban J connectivity index is 1.29. The SMILES string of the molecule is COc1cc(C2c3cc4c(cc3[C@H](OC(=O)C(C)N3C(=O)C5CCCCC5C3=O)[C@H]3COC(=O)[C@H]23)OCO4)cc(OC)c1OC. The van der Waals surface area contributed by atoms with E-state index >= 15 is 0 Å². The summed E-state index contributed by atoms with van der Waals surface area (Å²) in [5.41, 5.74) is 2.00. The molecule has 12 heteroatoms. The number of likely N-dealkylation sites (tertiary alicyclic amines) is 1. The zero-order valence-electron chi connectivity index (χ0n) is 25.5. The van der Waals surface area contributed by atoms with Gasteiger partial charge in [-0.15, -0.1) is 0 Å². The third-order valence-electron chi connectivity index (χ3n) is 10.0. The Kier molecular flexibility index (Phi) is 7.25. The van der Waals surface area contributed by atoms with Crippen LogP contribution in [-0.2, 0) is 28.7 Å². The van der Waals surface area contributed by atoms with Crippen molar-refractivity contribution in [1.82, 2.24) is 4.90 Å². The second-order valence-electron chi connectivity index (χ2n) is 12.2. The smallest absolute Gasteiger partial charge is 0.329 e. The molecule has 2 amide bonds. The predicted molar refractivity (Wildman–Crippen MR) is 154 cm³/mol. The fourth-order valence-corrected chi connectivity index (χ4v) is 7.84. The van der Waals surface area contributed by atoms with E-state index in [1.165, 1.54) is 28.3 Å². The molecule has 2 aromatic rings. The maximum absolute atomic E-state index is 13.8. The third kappa shape index (κ3) is 4.47. The zero-order chi connectivity index (χ0) is 31.6. The number of nitrogens with zero attached hydrogens (tertiary/aromatic N) is 1. The molecule has 3 aliphatic heterocycles. The van der Waals surface area contributed by atoms with Gasteiger partial charge in [0, 0.05) is 17.4 Å². The van der Waals surface area contributed by atoms with E-state index in [0.29, 0.717) is 58.3 Å². The van der Waals surface area contributed by atoms with Gasteiger partial charge in [0.15, 0.2) is 23.0 Å². The first-order chi connectivity index (χ1) is 21.8. The monoisotopic (exact) mass is 621 g/mol. The molecule has 1 saturated carbocycles. The van der Waals surface area contributed by atoms with Gasteiger partial charge in [0.2, 0.25) is 24.4 Å². The van der Waals surface area contributed by atoms with Crippen molar-refractivity contribution in [2.24, 2.45) is 23.7 Å². The van der Waals surface area contributed by atoms with E-state index in [9.17, 15) is 19.2 Å². The Morgan fingerprint density at radius 3 is 2.02 bits per heavy atom. The molecule has 7 rings (SSSR count). The number of benzene rings is 2. The van der Waals surface area contributed by atoms with Crippen LogP contribution in [0.15, 0.2) is 24.3 Å². The molecule has 2 aliphatic carbocycles. The molecule has 2 saturated heterocycles. The maximum Gasteiger partial charge on any atom is 0.329 e. The van der Waals surface area contributed by atoms with E-state index < -0.39 is 41.8 Å². The van der Waals surface area contributed by atoms with Crippen molar-refractivity contribution in [3.63, 3.8) is 0 Å². The van der Waals surface area contributed by atoms with Crippen LogP contribution in [0.1, 0.15) is 61.3 Å². The quantitative estimate of drug-likeness (QED) is 0.332. The fourth-order valence-electron chi connectivity index (χ4n) is 7.84. The van der Waals surface area contributed by atoms with Gasteiger partial charge in [-0.3, -0.25) is 19.3 Å². The fraction of sp³-hybridized carbons (Fsp3) is 0.515. The van der Waals surface area contributed by atoms with Gasteiger partial charge in [-0.1, -0.05) is 12.8 Å². The van der Waals surface area contributed by atoms with Gasteiger partial charge in [0.25, 0.3) is 0 Å². The Morgan fingerprint density at radius 2 is 1.44 bits per heavy atom. The highest BCUT2D eigenvalue weighted by Crippen LogP contribution is 2.56. The molecule has 2 aromatic carbocycles. The summed E-state index contributed by atoms with van der Waals surface area (Å²) in [6, 6.07) is 6.03. The number of imide groups is 1. The minimum atomic E-state index is -1.13. The van der Waals surface area contributed by atoms with Crippen molar-refractivity contribution in [2.75, 3.05) is 34.7 Å². The molecule has 0 radical (unpaired) electrons. The summed E-state index contributed by atoms with van der Waals surface area (Å²) >= 11 is 0. The standard InChI is InChI=1S/C33H35NO11/c1-15(34-30(35)17-7-5-6-8-18(17)31(34)36)32(37)45-28-20-12-23-22(43-14-44-23)11-19(20)26(27-21(28)13-42-33(27)38)16-9-24(39-2)29(41-4)25(10-16)40-3/h9-12,15,17-18,21,26-28H,5-8,13-14H2,1-4H3/t15?,17?,18?,21-,26?,27-,28-/m0/s1. The molecule has 3 fully saturated rings. The van der Waals surface area contributed by atoms with Gasteiger partial charge in [-0.25, -0.2) is 4.79 Å². The number of amides is 2. The summed E-state index contributed by atoms with van der Waals surface area (Å²) in [6.07, 6.45) is 2.12. The number of methoxy groups -OCH3 is 3. The average molecular weight is 622 g/mol. The molecule has 0 spiro atoms. The molecular weight excluding hydrogens is 586 g/mol. The van der Waals surface area contributed by atoms with E-state index in [-0.39, 0.29) is 37.0 Å². The van der Waals surface area contributed by atoms with Gasteiger partial charge < -0.3 is 33.2 Å². The summed E-state index contributed by atoms with van der Waals surface area (Å²) in [6.45, 7) is 1.55. The predicted octanol–water partition coefficient (Wildman–Crippen LogP) is 3.52. The third-order valence-corrected chi connectivity index (χ3v) is 10.0. The number of carbonyl (C=O) groups is 4. The lowest BCUT2D eigenvalue weighted by atomic mass is 9.66. The minimum Gasteiger partial charge on any atom is -0.493 e. The molecule has 12 nitrogen and oxygen atoms in total. The van der Waals surface area contributed by atoms with Gasteiger partial charge in [-0.2, -0.15) is 0 Å². The molecule has 0 N–H and O–H groups in total. The van der Waals surface area contributed by atoms with Crippen LogP contribution < -0.4 is 23.7 Å². The van der Waals surface area contributed by atoms with Crippen LogP contribution in [0.25, 0.3) is 0 Å². The zero-order valence-corrected chi connectivity index (χ0v) is 25.5. The van der Waals surface area contributed by atoms with E-state index in [4.69, 9.17) is 33.2 Å². The second-order valence-corrected chi connectivity index (χ2v) is 12.2. The van der Waals surface area contributed by atoms with E-state index in [2.05, 4.69) is 0 Å². The number of carbonyl (C=O) groups excluding carboxylic acids is 4. The molecule has 238 valence electrons. The summed E-state index contributed by atoms with van der Waals surface area (Å²) in [5.74, 6) is -2.24. The lowest BCUT2D eigenvalue weighted by molar-refractivity contribution is -0.165. The molecule has 7 atom stereocenters. The van der Waals surface area contributed by atoms with Gasteiger partial charge >= 0.3 is 11.9 Å². The molecule has 3 heterocycles. The largest absolute Gasteiger partial charge is 0.493 e. The summed E-state index contributed by atoms with van der Waals surface area (Å²) in [7, 11) is 4.54. The normalized spacial score (nSPS) is 28.5. The van der Waals surface area contributed by atoms with Gasteiger partial charge in [0.1, 0.15) is 12.1 Å². The summed E-state index contributed by atoms with van der Waals surface area (Å²) < 4.78 is 40.0. The van der Waals surface area contributed by atoms with E-state index in [0.717, 1.165) is 17.7 Å². The first kappa shape index (κ1) is 29.2. The molecule has 45 heavy (non-hydrogen) atoms. The molecule has 0 aromatic heterocycles. The number of fused-ring (bicyclic) bond motifs is 4. The minimum absolute atomic E-state index is 0.0103. The van der Waals surface area contributed by atoms with Crippen molar-refractivity contribution in [2.45, 2.75) is 50.7 Å². The van der Waals surface area contributed by atoms with Crippen molar-refractivity contribution in [3.05, 3.63) is 41.0 Å². The van der Waals surface area contributed by atoms with Crippen LogP contribution in [0.4, 0.5) is 0 Å². The maximum atomic E-state index is 13.8. The van der Waals surface area contributed by atoms with Crippen LogP contribution in [0.2, 0.25) is 0 Å². The first-order valence-corrected chi connectivity index (χ1v) is 15.2. The molecule has 5 aliphatic rings.